The van der Waals surface area contributed by atoms with Gasteiger partial charge in [0.2, 0.25) is 5.88 Å². The molecule has 3 rings (SSSR count). The van der Waals surface area contributed by atoms with Crippen LogP contribution in [0.15, 0.2) is 35.5 Å². The molecule has 1 aromatic carbocycles. The standard InChI is InChI=1S/C21H27FN4O5S.ClH/c1-21(2,3)31-20(27)26-9-7-14(8-10-26)30-19-12-18(23-13-24-19)25-17-6-5-15(11-16(17)22)32(4,28)29;/h5-6,11-14H,7-10H2,1-4H3,(H,23,24,25);1H. The Balaban J connectivity index is 0.00000385. The van der Waals surface area contributed by atoms with Gasteiger partial charge in [0, 0.05) is 38.3 Å². The first-order chi connectivity index (χ1) is 14.9. The molecule has 1 saturated heterocycles. The van der Waals surface area contributed by atoms with Crippen molar-refractivity contribution in [3.8, 4) is 5.88 Å². The van der Waals surface area contributed by atoms with Crippen molar-refractivity contribution in [1.29, 1.82) is 0 Å². The van der Waals surface area contributed by atoms with Gasteiger partial charge in [-0.1, -0.05) is 0 Å². The molecule has 33 heavy (non-hydrogen) atoms. The molecule has 0 saturated carbocycles. The third-order valence-electron chi connectivity index (χ3n) is 4.65. The predicted octanol–water partition coefficient (Wildman–Crippen LogP) is 3.96. The summed E-state index contributed by atoms with van der Waals surface area (Å²) in [6, 6.07) is 5.14. The van der Waals surface area contributed by atoms with E-state index < -0.39 is 21.3 Å². The summed E-state index contributed by atoms with van der Waals surface area (Å²) in [5.74, 6) is -0.109. The third kappa shape index (κ3) is 7.71. The van der Waals surface area contributed by atoms with E-state index in [1.54, 1.807) is 4.90 Å². The lowest BCUT2D eigenvalue weighted by molar-refractivity contribution is 0.0123. The zero-order chi connectivity index (χ0) is 23.5. The monoisotopic (exact) mass is 502 g/mol. The number of likely N-dealkylation sites (tertiary alicyclic amines) is 1. The van der Waals surface area contributed by atoms with E-state index in [9.17, 15) is 17.6 Å². The zero-order valence-corrected chi connectivity index (χ0v) is 20.5. The Morgan fingerprint density at radius 3 is 2.42 bits per heavy atom. The van der Waals surface area contributed by atoms with Crippen LogP contribution in [-0.4, -0.2) is 60.4 Å². The summed E-state index contributed by atoms with van der Waals surface area (Å²) < 4.78 is 48.7. The Morgan fingerprint density at radius 1 is 1.18 bits per heavy atom. The van der Waals surface area contributed by atoms with Crippen LogP contribution in [0.4, 0.5) is 20.7 Å². The van der Waals surface area contributed by atoms with Crippen LogP contribution in [-0.2, 0) is 14.6 Å². The van der Waals surface area contributed by atoms with Crippen molar-refractivity contribution >= 4 is 39.8 Å². The van der Waals surface area contributed by atoms with Gasteiger partial charge in [-0.2, -0.15) is 0 Å². The summed E-state index contributed by atoms with van der Waals surface area (Å²) >= 11 is 0. The number of ether oxygens (including phenoxy) is 2. The van der Waals surface area contributed by atoms with E-state index in [1.165, 1.54) is 24.5 Å². The molecule has 1 N–H and O–H groups in total. The van der Waals surface area contributed by atoms with Crippen molar-refractivity contribution < 1.29 is 27.1 Å². The number of carbonyl (C=O) groups is 1. The molecule has 0 aliphatic carbocycles. The Kier molecular flexibility index (Phi) is 8.47. The van der Waals surface area contributed by atoms with Crippen LogP contribution < -0.4 is 10.1 Å². The van der Waals surface area contributed by atoms with Gasteiger partial charge < -0.3 is 19.7 Å². The summed E-state index contributed by atoms with van der Waals surface area (Å²) in [6.07, 6.45) is 3.06. The molecule has 9 nitrogen and oxygen atoms in total. The fourth-order valence-corrected chi connectivity index (χ4v) is 3.72. The second kappa shape index (κ2) is 10.5. The normalized spacial score (nSPS) is 14.9. The van der Waals surface area contributed by atoms with Crippen LogP contribution >= 0.6 is 12.4 Å². The number of halogens is 2. The molecule has 2 heterocycles. The number of aromatic nitrogens is 2. The lowest BCUT2D eigenvalue weighted by Gasteiger charge is -2.33. The average Bonchev–Trinajstić information content (AvgIpc) is 2.68. The van der Waals surface area contributed by atoms with Gasteiger partial charge in [0.1, 0.15) is 29.7 Å². The number of hydrogen-bond donors (Lipinski definition) is 1. The maximum Gasteiger partial charge on any atom is 0.410 e. The predicted molar refractivity (Wildman–Crippen MR) is 124 cm³/mol. The third-order valence-corrected chi connectivity index (χ3v) is 5.76. The molecule has 1 aliphatic rings. The summed E-state index contributed by atoms with van der Waals surface area (Å²) in [7, 11) is -3.50. The lowest BCUT2D eigenvalue weighted by Crippen LogP contribution is -2.44. The minimum atomic E-state index is -3.50. The van der Waals surface area contributed by atoms with Gasteiger partial charge in [0.05, 0.1) is 10.6 Å². The van der Waals surface area contributed by atoms with Gasteiger partial charge in [-0.3, -0.25) is 0 Å². The highest BCUT2D eigenvalue weighted by atomic mass is 35.5. The second-order valence-corrected chi connectivity index (χ2v) is 10.6. The smallest absolute Gasteiger partial charge is 0.410 e. The number of carbonyl (C=O) groups excluding carboxylic acids is 1. The Morgan fingerprint density at radius 2 is 1.85 bits per heavy atom. The summed E-state index contributed by atoms with van der Waals surface area (Å²) in [5.41, 5.74) is -0.466. The molecule has 1 aliphatic heterocycles. The number of anilines is 2. The quantitative estimate of drug-likeness (QED) is 0.654. The molecular weight excluding hydrogens is 475 g/mol. The van der Waals surface area contributed by atoms with Gasteiger partial charge in [-0.15, -0.1) is 12.4 Å². The van der Waals surface area contributed by atoms with Crippen LogP contribution in [0, 0.1) is 5.82 Å². The maximum atomic E-state index is 14.3. The van der Waals surface area contributed by atoms with Crippen molar-refractivity contribution in [3.63, 3.8) is 0 Å². The summed E-state index contributed by atoms with van der Waals surface area (Å²) in [5, 5.41) is 2.80. The molecule has 0 radical (unpaired) electrons. The van der Waals surface area contributed by atoms with E-state index in [0.717, 1.165) is 12.3 Å². The fraction of sp³-hybridized carbons (Fsp3) is 0.476. The van der Waals surface area contributed by atoms with Crippen LogP contribution in [0.3, 0.4) is 0 Å². The van der Waals surface area contributed by atoms with Gasteiger partial charge in [-0.25, -0.2) is 27.6 Å². The number of benzene rings is 1. The number of rotatable bonds is 5. The molecule has 182 valence electrons. The molecule has 0 unspecified atom stereocenters. The molecule has 0 atom stereocenters. The first kappa shape index (κ1) is 26.6. The van der Waals surface area contributed by atoms with E-state index in [-0.39, 0.29) is 35.2 Å². The highest BCUT2D eigenvalue weighted by molar-refractivity contribution is 7.90. The Bertz CT molecular complexity index is 1090. The van der Waals surface area contributed by atoms with Crippen molar-refractivity contribution in [2.75, 3.05) is 24.7 Å². The van der Waals surface area contributed by atoms with E-state index in [0.29, 0.717) is 37.6 Å². The number of hydrogen-bond acceptors (Lipinski definition) is 8. The van der Waals surface area contributed by atoms with Crippen LogP contribution in [0.1, 0.15) is 33.6 Å². The minimum Gasteiger partial charge on any atom is -0.474 e. The van der Waals surface area contributed by atoms with Crippen LogP contribution in [0.2, 0.25) is 0 Å². The minimum absolute atomic E-state index is 0. The van der Waals surface area contributed by atoms with E-state index in [4.69, 9.17) is 9.47 Å². The topological polar surface area (TPSA) is 111 Å². The van der Waals surface area contributed by atoms with Gasteiger partial charge >= 0.3 is 6.09 Å². The zero-order valence-electron chi connectivity index (χ0n) is 18.9. The number of sulfone groups is 1. The average molecular weight is 503 g/mol. The van der Waals surface area contributed by atoms with Crippen LogP contribution in [0.25, 0.3) is 0 Å². The molecular formula is C21H28ClFN4O5S. The molecule has 1 aromatic heterocycles. The Labute approximate surface area is 199 Å². The molecule has 12 heteroatoms. The first-order valence-corrected chi connectivity index (χ1v) is 12.0. The van der Waals surface area contributed by atoms with Crippen molar-refractivity contribution in [2.24, 2.45) is 0 Å². The number of amides is 1. The van der Waals surface area contributed by atoms with Gasteiger partial charge in [-0.05, 0) is 39.0 Å². The van der Waals surface area contributed by atoms with Gasteiger partial charge in [0.15, 0.2) is 9.84 Å². The van der Waals surface area contributed by atoms with Gasteiger partial charge in [0.25, 0.3) is 0 Å². The van der Waals surface area contributed by atoms with Crippen LogP contribution in [0.5, 0.6) is 5.88 Å². The highest BCUT2D eigenvalue weighted by Crippen LogP contribution is 2.24. The second-order valence-electron chi connectivity index (χ2n) is 8.56. The maximum absolute atomic E-state index is 14.3. The number of nitrogens with one attached hydrogen (secondary N) is 1. The van der Waals surface area contributed by atoms with E-state index in [2.05, 4.69) is 15.3 Å². The largest absolute Gasteiger partial charge is 0.474 e. The summed E-state index contributed by atoms with van der Waals surface area (Å²) in [6.45, 7) is 6.50. The fourth-order valence-electron chi connectivity index (χ4n) is 3.09. The summed E-state index contributed by atoms with van der Waals surface area (Å²) in [4.78, 5) is 21.9. The van der Waals surface area contributed by atoms with E-state index in [1.807, 2.05) is 20.8 Å². The van der Waals surface area contributed by atoms with Crippen molar-refractivity contribution in [2.45, 2.75) is 50.2 Å². The molecule has 0 bridgehead atoms. The Hall–Kier alpha value is -2.66. The van der Waals surface area contributed by atoms with E-state index >= 15 is 0 Å². The lowest BCUT2D eigenvalue weighted by atomic mass is 10.1. The number of nitrogens with zero attached hydrogens (tertiary/aromatic N) is 3. The SMILES string of the molecule is CC(C)(C)OC(=O)N1CCC(Oc2cc(Nc3ccc(S(C)(=O)=O)cc3F)ncn2)CC1.Cl. The van der Waals surface area contributed by atoms with Crippen molar-refractivity contribution in [3.05, 3.63) is 36.4 Å². The molecule has 1 amide bonds. The first-order valence-electron chi connectivity index (χ1n) is 10.1. The highest BCUT2D eigenvalue weighted by Gasteiger charge is 2.28. The molecule has 2 aromatic rings. The van der Waals surface area contributed by atoms with Crippen molar-refractivity contribution in [1.82, 2.24) is 14.9 Å². The number of piperidine rings is 1. The molecule has 0 spiro atoms. The molecule has 1 fully saturated rings.